The molecule has 3 rings (SSSR count). The Labute approximate surface area is 128 Å². The highest BCUT2D eigenvalue weighted by molar-refractivity contribution is 5.94. The minimum Gasteiger partial charge on any atom is -0.390 e. The number of fused-ring (bicyclic) bond motifs is 1. The molecule has 0 saturated heterocycles. The molecule has 0 radical (unpaired) electrons. The van der Waals surface area contributed by atoms with Crippen LogP contribution in [0.15, 0.2) is 29.7 Å². The fraction of sp³-hybridized carbons (Fsp3) is 0.357. The lowest BCUT2D eigenvalue weighted by Crippen LogP contribution is -2.32. The van der Waals surface area contributed by atoms with Crippen molar-refractivity contribution in [2.45, 2.75) is 25.6 Å². The topological polar surface area (TPSA) is 68.0 Å². The minimum atomic E-state index is -4.52. The molecule has 23 heavy (non-hydrogen) atoms. The second-order valence-corrected chi connectivity index (χ2v) is 5.28. The maximum absolute atomic E-state index is 12.6. The number of alkyl halides is 3. The molecule has 0 spiro atoms. The largest absolute Gasteiger partial charge is 0.434 e. The molecule has 1 N–H and O–H groups in total. The van der Waals surface area contributed by atoms with Crippen molar-refractivity contribution < 1.29 is 22.8 Å². The molecule has 0 fully saturated rings. The van der Waals surface area contributed by atoms with Gasteiger partial charge in [-0.25, -0.2) is 4.98 Å². The molecule has 6 nitrogen and oxygen atoms in total. The van der Waals surface area contributed by atoms with Gasteiger partial charge in [0.2, 0.25) is 0 Å². The van der Waals surface area contributed by atoms with Crippen LogP contribution in [-0.4, -0.2) is 33.7 Å². The van der Waals surface area contributed by atoms with E-state index >= 15 is 0 Å². The van der Waals surface area contributed by atoms with Crippen molar-refractivity contribution in [3.63, 3.8) is 0 Å². The Hall–Kier alpha value is -2.58. The summed E-state index contributed by atoms with van der Waals surface area (Å²) in [6, 6.07) is 2.79. The zero-order valence-electron chi connectivity index (χ0n) is 12.1. The SMILES string of the molecule is CC1=NOC(CNC(=O)c2ccc3nc(C(F)(F)F)cn3c2)C1. The predicted molar refractivity (Wildman–Crippen MR) is 75.1 cm³/mol. The van der Waals surface area contributed by atoms with E-state index in [0.29, 0.717) is 6.42 Å². The third kappa shape index (κ3) is 3.27. The van der Waals surface area contributed by atoms with Gasteiger partial charge in [-0.1, -0.05) is 5.16 Å². The summed E-state index contributed by atoms with van der Waals surface area (Å²) in [7, 11) is 0. The van der Waals surface area contributed by atoms with Crippen molar-refractivity contribution >= 4 is 17.3 Å². The Balaban J connectivity index is 1.71. The number of halogens is 3. The van der Waals surface area contributed by atoms with E-state index in [9.17, 15) is 18.0 Å². The lowest BCUT2D eigenvalue weighted by Gasteiger charge is -2.09. The number of imidazole rings is 1. The first-order chi connectivity index (χ1) is 10.8. The average molecular weight is 326 g/mol. The van der Waals surface area contributed by atoms with E-state index in [4.69, 9.17) is 4.84 Å². The smallest absolute Gasteiger partial charge is 0.390 e. The van der Waals surface area contributed by atoms with Gasteiger partial charge in [0.1, 0.15) is 11.8 Å². The molecule has 2 aromatic heterocycles. The lowest BCUT2D eigenvalue weighted by molar-refractivity contribution is -0.140. The summed E-state index contributed by atoms with van der Waals surface area (Å²) in [6.45, 7) is 2.10. The number of rotatable bonds is 3. The molecule has 122 valence electrons. The van der Waals surface area contributed by atoms with Crippen LogP contribution in [0.3, 0.4) is 0 Å². The van der Waals surface area contributed by atoms with E-state index < -0.39 is 17.8 Å². The number of amides is 1. The molecule has 1 atom stereocenters. The molecule has 2 aromatic rings. The minimum absolute atomic E-state index is 0.122. The highest BCUT2D eigenvalue weighted by Gasteiger charge is 2.33. The van der Waals surface area contributed by atoms with Gasteiger partial charge >= 0.3 is 6.18 Å². The van der Waals surface area contributed by atoms with Crippen LogP contribution < -0.4 is 5.32 Å². The van der Waals surface area contributed by atoms with Gasteiger partial charge in [-0.15, -0.1) is 0 Å². The van der Waals surface area contributed by atoms with Crippen LogP contribution in [0.1, 0.15) is 29.4 Å². The van der Waals surface area contributed by atoms with Crippen LogP contribution >= 0.6 is 0 Å². The van der Waals surface area contributed by atoms with Gasteiger partial charge in [0.05, 0.1) is 17.8 Å². The quantitative estimate of drug-likeness (QED) is 0.941. The first-order valence-corrected chi connectivity index (χ1v) is 6.86. The van der Waals surface area contributed by atoms with Gasteiger partial charge in [-0.3, -0.25) is 4.79 Å². The second-order valence-electron chi connectivity index (χ2n) is 5.28. The van der Waals surface area contributed by atoms with Crippen LogP contribution in [-0.2, 0) is 11.0 Å². The summed E-state index contributed by atoms with van der Waals surface area (Å²) in [5.41, 5.74) is 0.210. The van der Waals surface area contributed by atoms with Crippen LogP contribution in [0.2, 0.25) is 0 Å². The third-order valence-corrected chi connectivity index (χ3v) is 3.37. The first-order valence-electron chi connectivity index (χ1n) is 6.86. The molecular weight excluding hydrogens is 313 g/mol. The monoisotopic (exact) mass is 326 g/mol. The average Bonchev–Trinajstić information content (AvgIpc) is 3.09. The van der Waals surface area contributed by atoms with Gasteiger partial charge in [-0.2, -0.15) is 13.2 Å². The molecule has 0 aromatic carbocycles. The number of pyridine rings is 1. The van der Waals surface area contributed by atoms with E-state index in [0.717, 1.165) is 11.9 Å². The van der Waals surface area contributed by atoms with E-state index in [1.54, 1.807) is 0 Å². The van der Waals surface area contributed by atoms with Crippen molar-refractivity contribution in [3.05, 3.63) is 35.8 Å². The van der Waals surface area contributed by atoms with Crippen LogP contribution in [0.4, 0.5) is 13.2 Å². The van der Waals surface area contributed by atoms with E-state index in [1.807, 2.05) is 6.92 Å². The van der Waals surface area contributed by atoms with Crippen molar-refractivity contribution in [2.24, 2.45) is 5.16 Å². The lowest BCUT2D eigenvalue weighted by atomic mass is 10.2. The zero-order valence-corrected chi connectivity index (χ0v) is 12.1. The Bertz CT molecular complexity index is 782. The number of nitrogens with zero attached hydrogens (tertiary/aromatic N) is 3. The molecule has 1 amide bonds. The van der Waals surface area contributed by atoms with Crippen molar-refractivity contribution in [2.75, 3.05) is 6.54 Å². The molecule has 0 aliphatic carbocycles. The van der Waals surface area contributed by atoms with Gasteiger partial charge in [0.15, 0.2) is 5.69 Å². The number of aromatic nitrogens is 2. The highest BCUT2D eigenvalue weighted by atomic mass is 19.4. The highest BCUT2D eigenvalue weighted by Crippen LogP contribution is 2.28. The summed E-state index contributed by atoms with van der Waals surface area (Å²) in [4.78, 5) is 20.6. The number of carbonyl (C=O) groups excluding carboxylic acids is 1. The molecular formula is C14H13F3N4O2. The summed E-state index contributed by atoms with van der Waals surface area (Å²) in [6.07, 6.45) is -1.94. The maximum Gasteiger partial charge on any atom is 0.434 e. The Kier molecular flexibility index (Phi) is 3.70. The van der Waals surface area contributed by atoms with E-state index in [1.165, 1.54) is 22.7 Å². The third-order valence-electron chi connectivity index (χ3n) is 3.37. The number of oxime groups is 1. The van der Waals surface area contributed by atoms with Crippen molar-refractivity contribution in [1.82, 2.24) is 14.7 Å². The maximum atomic E-state index is 12.6. The molecule has 1 unspecified atom stereocenters. The standard InChI is InChI=1S/C14H13F3N4O2/c1-8-4-10(23-20-8)5-18-13(22)9-2-3-12-19-11(14(15,16)17)7-21(12)6-9/h2-3,6-7,10H,4-5H2,1H3,(H,18,22). The molecule has 9 heteroatoms. The van der Waals surface area contributed by atoms with Crippen LogP contribution in [0.25, 0.3) is 5.65 Å². The predicted octanol–water partition coefficient (Wildman–Crippen LogP) is 2.25. The summed E-state index contributed by atoms with van der Waals surface area (Å²) >= 11 is 0. The Morgan fingerprint density at radius 1 is 1.43 bits per heavy atom. The van der Waals surface area contributed by atoms with Gasteiger partial charge in [-0.05, 0) is 19.1 Å². The number of nitrogens with one attached hydrogen (secondary N) is 1. The van der Waals surface area contributed by atoms with Gasteiger partial charge in [0.25, 0.3) is 5.91 Å². The van der Waals surface area contributed by atoms with Crippen molar-refractivity contribution in [3.8, 4) is 0 Å². The zero-order chi connectivity index (χ0) is 16.6. The number of hydrogen-bond donors (Lipinski definition) is 1. The van der Waals surface area contributed by atoms with Crippen LogP contribution in [0, 0.1) is 0 Å². The molecule has 1 aliphatic rings. The fourth-order valence-electron chi connectivity index (χ4n) is 2.25. The van der Waals surface area contributed by atoms with Crippen LogP contribution in [0.5, 0.6) is 0 Å². The normalized spacial score (nSPS) is 17.9. The number of hydrogen-bond acceptors (Lipinski definition) is 4. The first kappa shape index (κ1) is 15.3. The van der Waals surface area contributed by atoms with Gasteiger partial charge in [0, 0.05) is 18.8 Å². The molecule has 1 aliphatic heterocycles. The molecule has 0 saturated carbocycles. The Morgan fingerprint density at radius 3 is 2.87 bits per heavy atom. The summed E-state index contributed by atoms with van der Waals surface area (Å²) in [5, 5.41) is 6.45. The van der Waals surface area contributed by atoms with Gasteiger partial charge < -0.3 is 14.6 Å². The Morgan fingerprint density at radius 2 is 2.22 bits per heavy atom. The molecule has 0 bridgehead atoms. The summed E-state index contributed by atoms with van der Waals surface area (Å²) < 4.78 is 39.1. The second kappa shape index (κ2) is 5.56. The van der Waals surface area contributed by atoms with E-state index in [2.05, 4.69) is 15.5 Å². The molecule has 3 heterocycles. The fourth-order valence-corrected chi connectivity index (χ4v) is 2.25. The summed E-state index contributed by atoms with van der Waals surface area (Å²) in [5.74, 6) is -0.401. The van der Waals surface area contributed by atoms with E-state index in [-0.39, 0.29) is 23.9 Å². The number of carbonyl (C=O) groups is 1. The van der Waals surface area contributed by atoms with Crippen molar-refractivity contribution in [1.29, 1.82) is 0 Å².